The summed E-state index contributed by atoms with van der Waals surface area (Å²) in [6, 6.07) is 8.10. The van der Waals surface area contributed by atoms with Gasteiger partial charge in [-0.1, -0.05) is 25.1 Å². The van der Waals surface area contributed by atoms with Crippen molar-refractivity contribution in [3.8, 4) is 16.9 Å². The van der Waals surface area contributed by atoms with Crippen molar-refractivity contribution in [1.29, 1.82) is 0 Å². The summed E-state index contributed by atoms with van der Waals surface area (Å²) in [5.41, 5.74) is 3.23. The molecule has 2 aromatic rings. The number of hydrogen-bond acceptors (Lipinski definition) is 1. The molecule has 0 spiro atoms. The Balaban J connectivity index is 2.21. The Bertz CT molecular complexity index is 673. The van der Waals surface area contributed by atoms with E-state index in [0.29, 0.717) is 29.4 Å². The first-order valence-corrected chi connectivity index (χ1v) is 7.89. The van der Waals surface area contributed by atoms with Crippen molar-refractivity contribution in [3.05, 3.63) is 53.1 Å². The van der Waals surface area contributed by atoms with Crippen molar-refractivity contribution in [3.63, 3.8) is 0 Å². The van der Waals surface area contributed by atoms with Crippen LogP contribution in [0.1, 0.15) is 43.7 Å². The third kappa shape index (κ3) is 2.72. The van der Waals surface area contributed by atoms with Crippen LogP contribution in [0, 0.1) is 11.6 Å². The summed E-state index contributed by atoms with van der Waals surface area (Å²) in [5, 5.41) is 0. The van der Waals surface area contributed by atoms with Crippen LogP contribution in [0.15, 0.2) is 30.3 Å². The first kappa shape index (κ1) is 15.0. The van der Waals surface area contributed by atoms with E-state index in [4.69, 9.17) is 4.74 Å². The molecule has 0 amide bonds. The lowest BCUT2D eigenvalue weighted by molar-refractivity contribution is 0.318. The normalized spacial score (nSPS) is 14.2. The molecule has 0 aliphatic heterocycles. The standard InChI is InChI=1S/C19H20F2O/c1-3-12-11-16(13-5-6-13)17(18(21)19(12)22-4-2)14-7-9-15(20)10-8-14/h7-11,13H,3-6H2,1-2H3. The smallest absolute Gasteiger partial charge is 0.173 e. The van der Waals surface area contributed by atoms with E-state index in [0.717, 1.165) is 30.4 Å². The van der Waals surface area contributed by atoms with Gasteiger partial charge >= 0.3 is 0 Å². The minimum atomic E-state index is -0.313. The number of ether oxygens (including phenoxy) is 1. The van der Waals surface area contributed by atoms with Gasteiger partial charge in [-0.25, -0.2) is 8.78 Å². The highest BCUT2D eigenvalue weighted by Gasteiger charge is 2.30. The van der Waals surface area contributed by atoms with Crippen LogP contribution in [0.3, 0.4) is 0 Å². The van der Waals surface area contributed by atoms with E-state index in [2.05, 4.69) is 6.07 Å². The lowest BCUT2D eigenvalue weighted by Crippen LogP contribution is -2.04. The Labute approximate surface area is 129 Å². The maximum atomic E-state index is 15.1. The topological polar surface area (TPSA) is 9.23 Å². The Morgan fingerprint density at radius 2 is 1.77 bits per heavy atom. The van der Waals surface area contributed by atoms with E-state index in [9.17, 15) is 4.39 Å². The molecule has 1 aliphatic rings. The molecule has 0 heterocycles. The first-order valence-electron chi connectivity index (χ1n) is 7.89. The quantitative estimate of drug-likeness (QED) is 0.711. The molecule has 3 heteroatoms. The zero-order chi connectivity index (χ0) is 15.7. The molecule has 2 aromatic carbocycles. The second-order valence-electron chi connectivity index (χ2n) is 5.71. The van der Waals surface area contributed by atoms with Gasteiger partial charge in [-0.15, -0.1) is 0 Å². The molecule has 116 valence electrons. The Kier molecular flexibility index (Phi) is 4.14. The van der Waals surface area contributed by atoms with Gasteiger partial charge in [-0.2, -0.15) is 0 Å². The fourth-order valence-electron chi connectivity index (χ4n) is 2.90. The highest BCUT2D eigenvalue weighted by Crippen LogP contribution is 2.48. The highest BCUT2D eigenvalue weighted by atomic mass is 19.1. The van der Waals surface area contributed by atoms with Crippen LogP contribution in [0.5, 0.6) is 5.75 Å². The fraction of sp³-hybridized carbons (Fsp3) is 0.368. The van der Waals surface area contributed by atoms with E-state index < -0.39 is 0 Å². The third-order valence-electron chi connectivity index (χ3n) is 4.15. The zero-order valence-corrected chi connectivity index (χ0v) is 13.0. The maximum absolute atomic E-state index is 15.1. The molecule has 0 unspecified atom stereocenters. The number of benzene rings is 2. The van der Waals surface area contributed by atoms with Crippen LogP contribution in [0.2, 0.25) is 0 Å². The highest BCUT2D eigenvalue weighted by molar-refractivity contribution is 5.72. The summed E-state index contributed by atoms with van der Waals surface area (Å²) in [6.45, 7) is 4.28. The molecule has 0 saturated heterocycles. The molecule has 0 aromatic heterocycles. The third-order valence-corrected chi connectivity index (χ3v) is 4.15. The minimum Gasteiger partial charge on any atom is -0.490 e. The second kappa shape index (κ2) is 6.07. The van der Waals surface area contributed by atoms with Gasteiger partial charge in [0.05, 0.1) is 6.61 Å². The van der Waals surface area contributed by atoms with Crippen LogP contribution in [-0.4, -0.2) is 6.61 Å². The number of halogens is 2. The molecule has 1 aliphatic carbocycles. The largest absolute Gasteiger partial charge is 0.490 e. The van der Waals surface area contributed by atoms with Gasteiger partial charge in [0.2, 0.25) is 0 Å². The molecule has 1 nitrogen and oxygen atoms in total. The summed E-state index contributed by atoms with van der Waals surface area (Å²) in [6.07, 6.45) is 2.91. The van der Waals surface area contributed by atoms with Crippen molar-refractivity contribution < 1.29 is 13.5 Å². The summed E-state index contributed by atoms with van der Waals surface area (Å²) in [7, 11) is 0. The molecule has 1 fully saturated rings. The molecular formula is C19H20F2O. The maximum Gasteiger partial charge on any atom is 0.173 e. The van der Waals surface area contributed by atoms with Gasteiger partial charge in [-0.05, 0) is 60.9 Å². The Morgan fingerprint density at radius 1 is 1.09 bits per heavy atom. The Morgan fingerprint density at radius 3 is 2.32 bits per heavy atom. The summed E-state index contributed by atoms with van der Waals surface area (Å²) < 4.78 is 33.8. The lowest BCUT2D eigenvalue weighted by Gasteiger charge is -2.18. The SMILES string of the molecule is CCOc1c(CC)cc(C2CC2)c(-c2ccc(F)cc2)c1F. The molecule has 0 atom stereocenters. The van der Waals surface area contributed by atoms with Crippen molar-refractivity contribution in [2.75, 3.05) is 6.61 Å². The van der Waals surface area contributed by atoms with Gasteiger partial charge in [0.1, 0.15) is 5.82 Å². The van der Waals surface area contributed by atoms with E-state index in [-0.39, 0.29) is 11.6 Å². The van der Waals surface area contributed by atoms with Crippen molar-refractivity contribution in [2.24, 2.45) is 0 Å². The van der Waals surface area contributed by atoms with Gasteiger partial charge in [0.25, 0.3) is 0 Å². The molecular weight excluding hydrogens is 282 g/mol. The number of rotatable bonds is 5. The van der Waals surface area contributed by atoms with Gasteiger partial charge < -0.3 is 4.74 Å². The van der Waals surface area contributed by atoms with Crippen molar-refractivity contribution in [2.45, 2.75) is 39.0 Å². The van der Waals surface area contributed by atoms with Crippen molar-refractivity contribution >= 4 is 0 Å². The number of aryl methyl sites for hydroxylation is 1. The molecule has 1 saturated carbocycles. The van der Waals surface area contributed by atoms with Crippen LogP contribution in [-0.2, 0) is 6.42 Å². The first-order chi connectivity index (χ1) is 10.7. The monoisotopic (exact) mass is 302 g/mol. The summed E-state index contributed by atoms with van der Waals surface area (Å²) in [5.74, 6) is 0.131. The van der Waals surface area contributed by atoms with Crippen LogP contribution in [0.25, 0.3) is 11.1 Å². The zero-order valence-electron chi connectivity index (χ0n) is 13.0. The average molecular weight is 302 g/mol. The van der Waals surface area contributed by atoms with Crippen LogP contribution in [0.4, 0.5) is 8.78 Å². The van der Waals surface area contributed by atoms with Crippen LogP contribution >= 0.6 is 0 Å². The van der Waals surface area contributed by atoms with E-state index in [1.807, 2.05) is 13.8 Å². The predicted octanol–water partition coefficient (Wildman–Crippen LogP) is 5.47. The van der Waals surface area contributed by atoms with Gasteiger partial charge in [-0.3, -0.25) is 0 Å². The average Bonchev–Trinajstić information content (AvgIpc) is 3.35. The summed E-state index contributed by atoms with van der Waals surface area (Å²) >= 11 is 0. The molecule has 3 rings (SSSR count). The van der Waals surface area contributed by atoms with Crippen molar-refractivity contribution in [1.82, 2.24) is 0 Å². The Hall–Kier alpha value is -1.90. The molecule has 0 radical (unpaired) electrons. The van der Waals surface area contributed by atoms with E-state index in [1.165, 1.54) is 12.1 Å². The summed E-state index contributed by atoms with van der Waals surface area (Å²) in [4.78, 5) is 0. The van der Waals surface area contributed by atoms with Gasteiger partial charge in [0, 0.05) is 5.56 Å². The van der Waals surface area contributed by atoms with E-state index in [1.54, 1.807) is 12.1 Å². The fourth-order valence-corrected chi connectivity index (χ4v) is 2.90. The molecule has 0 bridgehead atoms. The number of hydrogen-bond donors (Lipinski definition) is 0. The van der Waals surface area contributed by atoms with Crippen LogP contribution < -0.4 is 4.74 Å². The molecule has 22 heavy (non-hydrogen) atoms. The second-order valence-corrected chi connectivity index (χ2v) is 5.71. The predicted molar refractivity (Wildman–Crippen MR) is 84.3 cm³/mol. The van der Waals surface area contributed by atoms with E-state index >= 15 is 4.39 Å². The minimum absolute atomic E-state index is 0.310. The van der Waals surface area contributed by atoms with Gasteiger partial charge in [0.15, 0.2) is 11.6 Å². The molecule has 0 N–H and O–H groups in total. The lowest BCUT2D eigenvalue weighted by atomic mass is 9.92.